The summed E-state index contributed by atoms with van der Waals surface area (Å²) in [4.78, 5) is 4.49. The number of benzene rings is 1. The fourth-order valence-electron chi connectivity index (χ4n) is 2.02. The lowest BCUT2D eigenvalue weighted by Gasteiger charge is -2.08. The largest absolute Gasteiger partial charge is 0.357 e. The minimum atomic E-state index is -0.266. The van der Waals surface area contributed by atoms with Crippen molar-refractivity contribution < 1.29 is 4.39 Å². The predicted molar refractivity (Wildman–Crippen MR) is 89.9 cm³/mol. The lowest BCUT2D eigenvalue weighted by Crippen LogP contribution is -2.37. The Bertz CT molecular complexity index is 710. The predicted octanol–water partition coefficient (Wildman–Crippen LogP) is 2.01. The Kier molecular flexibility index (Phi) is 5.75. The molecular formula is C17H20FN5. The fraction of sp³-hybridized carbons (Fsp3) is 0.294. The summed E-state index contributed by atoms with van der Waals surface area (Å²) in [5.74, 6) is 2.92. The van der Waals surface area contributed by atoms with E-state index < -0.39 is 0 Å². The van der Waals surface area contributed by atoms with Crippen molar-refractivity contribution in [1.82, 2.24) is 20.4 Å². The Balaban J connectivity index is 2.14. The molecule has 2 aromatic rings. The van der Waals surface area contributed by atoms with Crippen LogP contribution in [0.2, 0.25) is 0 Å². The van der Waals surface area contributed by atoms with Crippen LogP contribution >= 0.6 is 0 Å². The number of nitrogens with one attached hydrogen (secondary N) is 2. The molecule has 0 aliphatic carbocycles. The van der Waals surface area contributed by atoms with Gasteiger partial charge in [0.05, 0.1) is 24.5 Å². The van der Waals surface area contributed by atoms with Gasteiger partial charge in [-0.15, -0.1) is 6.42 Å². The van der Waals surface area contributed by atoms with Gasteiger partial charge in [0, 0.05) is 18.3 Å². The first-order chi connectivity index (χ1) is 11.1. The average Bonchev–Trinajstić information content (AvgIpc) is 2.92. The van der Waals surface area contributed by atoms with Crippen molar-refractivity contribution in [3.05, 3.63) is 47.5 Å². The summed E-state index contributed by atoms with van der Waals surface area (Å²) in [6, 6.07) is 6.20. The van der Waals surface area contributed by atoms with Gasteiger partial charge in [0.25, 0.3) is 0 Å². The standard InChI is InChI=1S/C17H20FN5/c1-4-10-20-17(19-5-2)21-11-14-12-23(22-13(14)3)16-8-6-15(18)7-9-16/h1,6-9,12H,5,10-11H2,2-3H3,(H2,19,20,21). The number of rotatable bonds is 5. The third-order valence-corrected chi connectivity index (χ3v) is 3.20. The zero-order chi connectivity index (χ0) is 16.7. The molecule has 0 aliphatic heterocycles. The Hall–Kier alpha value is -2.81. The van der Waals surface area contributed by atoms with Gasteiger partial charge in [-0.25, -0.2) is 14.1 Å². The van der Waals surface area contributed by atoms with Crippen molar-refractivity contribution in [1.29, 1.82) is 0 Å². The normalized spacial score (nSPS) is 11.1. The summed E-state index contributed by atoms with van der Waals surface area (Å²) in [6.07, 6.45) is 7.15. The van der Waals surface area contributed by atoms with E-state index in [4.69, 9.17) is 6.42 Å². The molecule has 1 heterocycles. The number of hydrogen-bond donors (Lipinski definition) is 2. The highest BCUT2D eigenvalue weighted by atomic mass is 19.1. The highest BCUT2D eigenvalue weighted by Gasteiger charge is 2.06. The molecule has 6 heteroatoms. The summed E-state index contributed by atoms with van der Waals surface area (Å²) < 4.78 is 14.7. The molecule has 0 bridgehead atoms. The molecule has 23 heavy (non-hydrogen) atoms. The van der Waals surface area contributed by atoms with E-state index >= 15 is 0 Å². The number of nitrogens with zero attached hydrogens (tertiary/aromatic N) is 3. The number of aromatic nitrogens is 2. The third-order valence-electron chi connectivity index (χ3n) is 3.20. The van der Waals surface area contributed by atoms with Crippen LogP contribution in [0.3, 0.4) is 0 Å². The van der Waals surface area contributed by atoms with Crippen molar-refractivity contribution in [2.24, 2.45) is 4.99 Å². The molecule has 5 nitrogen and oxygen atoms in total. The van der Waals surface area contributed by atoms with Gasteiger partial charge in [0.15, 0.2) is 5.96 Å². The van der Waals surface area contributed by atoms with E-state index in [1.807, 2.05) is 20.0 Å². The molecule has 120 valence electrons. The zero-order valence-electron chi connectivity index (χ0n) is 13.3. The Labute approximate surface area is 135 Å². The quantitative estimate of drug-likeness (QED) is 0.504. The SMILES string of the molecule is C#CCNC(=NCc1cn(-c2ccc(F)cc2)nc1C)NCC. The topological polar surface area (TPSA) is 54.2 Å². The molecule has 1 aromatic heterocycles. The van der Waals surface area contributed by atoms with Crippen LogP contribution in [0.5, 0.6) is 0 Å². The van der Waals surface area contributed by atoms with Crippen LogP contribution in [0, 0.1) is 25.1 Å². The minimum Gasteiger partial charge on any atom is -0.357 e. The molecule has 0 saturated carbocycles. The van der Waals surface area contributed by atoms with Crippen LogP contribution in [0.4, 0.5) is 4.39 Å². The summed E-state index contributed by atoms with van der Waals surface area (Å²) >= 11 is 0. The number of terminal acetylenes is 1. The van der Waals surface area contributed by atoms with Gasteiger partial charge >= 0.3 is 0 Å². The number of hydrogen-bond acceptors (Lipinski definition) is 2. The second-order valence-corrected chi connectivity index (χ2v) is 4.91. The highest BCUT2D eigenvalue weighted by Crippen LogP contribution is 2.13. The van der Waals surface area contributed by atoms with Gasteiger partial charge in [0.1, 0.15) is 5.82 Å². The first kappa shape index (κ1) is 16.6. The molecule has 0 aliphatic rings. The van der Waals surface area contributed by atoms with Gasteiger partial charge in [-0.1, -0.05) is 5.92 Å². The van der Waals surface area contributed by atoms with Gasteiger partial charge in [-0.2, -0.15) is 5.10 Å². The van der Waals surface area contributed by atoms with Gasteiger partial charge < -0.3 is 10.6 Å². The Morgan fingerprint density at radius 2 is 2.09 bits per heavy atom. The van der Waals surface area contributed by atoms with E-state index in [2.05, 4.69) is 26.6 Å². The summed E-state index contributed by atoms with van der Waals surface area (Å²) in [6.45, 7) is 5.56. The molecule has 2 rings (SSSR count). The molecule has 0 amide bonds. The van der Waals surface area contributed by atoms with Crippen molar-refractivity contribution >= 4 is 5.96 Å². The van der Waals surface area contributed by atoms with Crippen LogP contribution in [0.25, 0.3) is 5.69 Å². The lowest BCUT2D eigenvalue weighted by molar-refractivity contribution is 0.627. The summed E-state index contributed by atoms with van der Waals surface area (Å²) in [7, 11) is 0. The van der Waals surface area contributed by atoms with E-state index in [1.54, 1.807) is 16.8 Å². The number of guanidine groups is 1. The molecule has 0 saturated heterocycles. The smallest absolute Gasteiger partial charge is 0.192 e. The van der Waals surface area contributed by atoms with Crippen molar-refractivity contribution in [2.45, 2.75) is 20.4 Å². The molecule has 1 aromatic carbocycles. The molecule has 0 unspecified atom stereocenters. The highest BCUT2D eigenvalue weighted by molar-refractivity contribution is 5.79. The van der Waals surface area contributed by atoms with Crippen LogP contribution in [0.15, 0.2) is 35.5 Å². The number of aliphatic imine (C=N–C) groups is 1. The fourth-order valence-corrected chi connectivity index (χ4v) is 2.02. The van der Waals surface area contributed by atoms with Gasteiger partial charge in [-0.3, -0.25) is 0 Å². The van der Waals surface area contributed by atoms with E-state index in [9.17, 15) is 4.39 Å². The molecule has 0 atom stereocenters. The van der Waals surface area contributed by atoms with Crippen LogP contribution in [0.1, 0.15) is 18.2 Å². The van der Waals surface area contributed by atoms with Crippen molar-refractivity contribution in [3.63, 3.8) is 0 Å². The van der Waals surface area contributed by atoms with Gasteiger partial charge in [-0.05, 0) is 38.1 Å². The molecular weight excluding hydrogens is 293 g/mol. The zero-order valence-corrected chi connectivity index (χ0v) is 13.3. The van der Waals surface area contributed by atoms with Crippen LogP contribution in [-0.4, -0.2) is 28.8 Å². The first-order valence-corrected chi connectivity index (χ1v) is 7.40. The maximum Gasteiger partial charge on any atom is 0.192 e. The molecule has 0 fully saturated rings. The maximum atomic E-state index is 13.0. The number of halogens is 1. The first-order valence-electron chi connectivity index (χ1n) is 7.40. The summed E-state index contributed by atoms with van der Waals surface area (Å²) in [5, 5.41) is 10.6. The van der Waals surface area contributed by atoms with Gasteiger partial charge in [0.2, 0.25) is 0 Å². The second kappa shape index (κ2) is 7.99. The minimum absolute atomic E-state index is 0.266. The molecule has 2 N–H and O–H groups in total. The Morgan fingerprint density at radius 1 is 1.35 bits per heavy atom. The van der Waals surface area contributed by atoms with Crippen molar-refractivity contribution in [3.8, 4) is 18.0 Å². The van der Waals surface area contributed by atoms with E-state index in [0.717, 1.165) is 23.5 Å². The van der Waals surface area contributed by atoms with Crippen LogP contribution < -0.4 is 10.6 Å². The Morgan fingerprint density at radius 3 is 2.74 bits per heavy atom. The average molecular weight is 313 g/mol. The summed E-state index contributed by atoms with van der Waals surface area (Å²) in [5.41, 5.74) is 2.68. The van der Waals surface area contributed by atoms with E-state index in [1.165, 1.54) is 12.1 Å². The molecule has 0 spiro atoms. The van der Waals surface area contributed by atoms with Crippen molar-refractivity contribution in [2.75, 3.05) is 13.1 Å². The monoisotopic (exact) mass is 313 g/mol. The maximum absolute atomic E-state index is 13.0. The second-order valence-electron chi connectivity index (χ2n) is 4.91. The lowest BCUT2D eigenvalue weighted by atomic mass is 10.2. The van der Waals surface area contributed by atoms with Crippen LogP contribution in [-0.2, 0) is 6.54 Å². The molecule has 0 radical (unpaired) electrons. The number of aryl methyl sites for hydroxylation is 1. The van der Waals surface area contributed by atoms with E-state index in [0.29, 0.717) is 19.0 Å². The van der Waals surface area contributed by atoms with E-state index in [-0.39, 0.29) is 5.82 Å². The third kappa shape index (κ3) is 4.58.